The van der Waals surface area contributed by atoms with Crippen LogP contribution in [0.4, 0.5) is 5.69 Å². The fourth-order valence-electron chi connectivity index (χ4n) is 1.02. The van der Waals surface area contributed by atoms with E-state index in [-0.39, 0.29) is 6.42 Å². The molecular weight excluding hydrogens is 230 g/mol. The predicted molar refractivity (Wildman–Crippen MR) is 52.6 cm³/mol. The van der Waals surface area contributed by atoms with E-state index in [4.69, 9.17) is 16.3 Å². The van der Waals surface area contributed by atoms with Crippen molar-refractivity contribution in [1.29, 1.82) is 10.5 Å². The molecule has 0 heterocycles. The number of hydrogen-bond donors (Lipinski definition) is 1. The Bertz CT molecular complexity index is 412. The van der Waals surface area contributed by atoms with Crippen molar-refractivity contribution in [2.45, 2.75) is 6.42 Å². The van der Waals surface area contributed by atoms with Crippen LogP contribution in [0.5, 0.6) is 0 Å². The summed E-state index contributed by atoms with van der Waals surface area (Å²) in [6.45, 7) is 0. The number of halogens is 1. The molecule has 0 radical (unpaired) electrons. The molecule has 0 fully saturated rings. The minimum absolute atomic E-state index is 0.212. The number of anilines is 1. The molecule has 0 bridgehead atoms. The van der Waals surface area contributed by atoms with Crippen molar-refractivity contribution in [2.24, 2.45) is 0 Å². The molecule has 0 aliphatic carbocycles. The molecule has 1 rings (SSSR count). The molecule has 3 nitrogen and oxygen atoms in total. The number of hydrogen-bond acceptors (Lipinski definition) is 3. The van der Waals surface area contributed by atoms with Gasteiger partial charge in [-0.25, -0.2) is 0 Å². The van der Waals surface area contributed by atoms with Crippen molar-refractivity contribution in [2.75, 3.05) is 5.73 Å². The minimum atomic E-state index is 0.212. The van der Waals surface area contributed by atoms with Crippen LogP contribution in [0.3, 0.4) is 0 Å². The van der Waals surface area contributed by atoms with E-state index in [0.717, 1.165) is 0 Å². The Labute approximate surface area is 84.5 Å². The van der Waals surface area contributed by atoms with E-state index < -0.39 is 0 Å². The van der Waals surface area contributed by atoms with Gasteiger partial charge in [0.2, 0.25) is 0 Å². The smallest absolute Gasteiger partial charge is 0.0996 e. The summed E-state index contributed by atoms with van der Waals surface area (Å²) in [6, 6.07) is 7.25. The summed E-state index contributed by atoms with van der Waals surface area (Å²) in [7, 11) is 0. The molecule has 1 aromatic carbocycles. The van der Waals surface area contributed by atoms with Crippen molar-refractivity contribution >= 4 is 21.6 Å². The maximum absolute atomic E-state index is 8.76. The summed E-state index contributed by atoms with van der Waals surface area (Å²) in [5, 5.41) is 17.3. The molecule has 0 saturated heterocycles. The highest BCUT2D eigenvalue weighted by Crippen LogP contribution is 2.24. The van der Waals surface area contributed by atoms with E-state index in [0.29, 0.717) is 21.3 Å². The van der Waals surface area contributed by atoms with Gasteiger partial charge in [0, 0.05) is 10.2 Å². The van der Waals surface area contributed by atoms with Crippen LogP contribution >= 0.6 is 15.9 Å². The summed E-state index contributed by atoms with van der Waals surface area (Å²) in [6.07, 6.45) is 0.212. The minimum Gasteiger partial charge on any atom is -0.399 e. The van der Waals surface area contributed by atoms with Gasteiger partial charge in [0.05, 0.1) is 24.1 Å². The summed E-state index contributed by atoms with van der Waals surface area (Å²) >= 11 is 3.26. The molecular formula is C9H6BrN3. The molecule has 0 unspecified atom stereocenters. The van der Waals surface area contributed by atoms with Gasteiger partial charge < -0.3 is 5.73 Å². The zero-order valence-electron chi connectivity index (χ0n) is 6.71. The Morgan fingerprint density at radius 2 is 2.08 bits per heavy atom. The normalized spacial score (nSPS) is 8.85. The number of rotatable bonds is 1. The Hall–Kier alpha value is -1.52. The highest BCUT2D eigenvalue weighted by Gasteiger charge is 2.07. The fourth-order valence-corrected chi connectivity index (χ4v) is 1.63. The molecule has 0 aromatic heterocycles. The van der Waals surface area contributed by atoms with Crippen LogP contribution in [0.25, 0.3) is 0 Å². The van der Waals surface area contributed by atoms with E-state index in [2.05, 4.69) is 15.9 Å². The molecule has 4 heteroatoms. The van der Waals surface area contributed by atoms with Gasteiger partial charge in [0.1, 0.15) is 0 Å². The third-order valence-electron chi connectivity index (χ3n) is 1.59. The Morgan fingerprint density at radius 1 is 1.38 bits per heavy atom. The lowest BCUT2D eigenvalue weighted by molar-refractivity contribution is 1.23. The lowest BCUT2D eigenvalue weighted by Crippen LogP contribution is -1.94. The Kier molecular flexibility index (Phi) is 2.89. The maximum Gasteiger partial charge on any atom is 0.0996 e. The van der Waals surface area contributed by atoms with Crippen LogP contribution < -0.4 is 5.73 Å². The second-order valence-corrected chi connectivity index (χ2v) is 3.33. The molecule has 2 N–H and O–H groups in total. The van der Waals surface area contributed by atoms with Crippen LogP contribution in [-0.4, -0.2) is 0 Å². The van der Waals surface area contributed by atoms with E-state index in [1.165, 1.54) is 0 Å². The third-order valence-corrected chi connectivity index (χ3v) is 2.30. The van der Waals surface area contributed by atoms with Gasteiger partial charge in [0.15, 0.2) is 0 Å². The largest absolute Gasteiger partial charge is 0.399 e. The first kappa shape index (κ1) is 9.57. The maximum atomic E-state index is 8.76. The van der Waals surface area contributed by atoms with Crippen molar-refractivity contribution in [3.05, 3.63) is 27.7 Å². The number of nitrogen functional groups attached to an aromatic ring is 1. The van der Waals surface area contributed by atoms with Crippen LogP contribution in [0.2, 0.25) is 0 Å². The molecule has 13 heavy (non-hydrogen) atoms. The zero-order valence-corrected chi connectivity index (χ0v) is 8.30. The average molecular weight is 236 g/mol. The van der Waals surface area contributed by atoms with Gasteiger partial charge in [-0.1, -0.05) is 15.9 Å². The number of benzene rings is 1. The quantitative estimate of drug-likeness (QED) is 0.757. The standard InChI is InChI=1S/C9H6BrN3/c10-9-4-7(13)3-6(5-12)8(9)1-2-11/h3-4H,1,13H2. The molecule has 0 aliphatic heterocycles. The van der Waals surface area contributed by atoms with Gasteiger partial charge >= 0.3 is 0 Å². The average Bonchev–Trinajstić information content (AvgIpc) is 2.09. The van der Waals surface area contributed by atoms with E-state index in [1.807, 2.05) is 12.1 Å². The number of nitrogens with two attached hydrogens (primary N) is 1. The number of nitriles is 2. The predicted octanol–water partition coefficient (Wildman–Crippen LogP) is 1.97. The monoisotopic (exact) mass is 235 g/mol. The van der Waals surface area contributed by atoms with E-state index >= 15 is 0 Å². The first-order valence-corrected chi connectivity index (χ1v) is 4.33. The molecule has 0 spiro atoms. The van der Waals surface area contributed by atoms with Gasteiger partial charge in [-0.3, -0.25) is 0 Å². The van der Waals surface area contributed by atoms with Crippen LogP contribution in [0.1, 0.15) is 11.1 Å². The van der Waals surface area contributed by atoms with Crippen molar-refractivity contribution in [1.82, 2.24) is 0 Å². The van der Waals surface area contributed by atoms with Gasteiger partial charge in [-0.2, -0.15) is 10.5 Å². The first-order chi connectivity index (χ1) is 6.19. The van der Waals surface area contributed by atoms with Crippen LogP contribution in [0.15, 0.2) is 16.6 Å². The fraction of sp³-hybridized carbons (Fsp3) is 0.111. The molecule has 64 valence electrons. The van der Waals surface area contributed by atoms with Crippen LogP contribution in [-0.2, 0) is 6.42 Å². The summed E-state index contributed by atoms with van der Waals surface area (Å²) < 4.78 is 0.714. The lowest BCUT2D eigenvalue weighted by Gasteiger charge is -2.03. The molecule has 0 aliphatic rings. The van der Waals surface area contributed by atoms with Crippen molar-refractivity contribution in [3.63, 3.8) is 0 Å². The Morgan fingerprint density at radius 3 is 2.62 bits per heavy atom. The van der Waals surface area contributed by atoms with Gasteiger partial charge in [-0.05, 0) is 17.7 Å². The summed E-state index contributed by atoms with van der Waals surface area (Å²) in [5.41, 5.74) is 7.20. The summed E-state index contributed by atoms with van der Waals surface area (Å²) in [5.74, 6) is 0. The SMILES string of the molecule is N#CCc1c(Br)cc(N)cc1C#N. The van der Waals surface area contributed by atoms with E-state index in [1.54, 1.807) is 12.1 Å². The van der Waals surface area contributed by atoms with Crippen molar-refractivity contribution < 1.29 is 0 Å². The topological polar surface area (TPSA) is 73.6 Å². The second kappa shape index (κ2) is 3.93. The van der Waals surface area contributed by atoms with Gasteiger partial charge in [0.25, 0.3) is 0 Å². The van der Waals surface area contributed by atoms with Gasteiger partial charge in [-0.15, -0.1) is 0 Å². The van der Waals surface area contributed by atoms with E-state index in [9.17, 15) is 0 Å². The van der Waals surface area contributed by atoms with Crippen molar-refractivity contribution in [3.8, 4) is 12.1 Å². The molecule has 0 amide bonds. The molecule has 1 aromatic rings. The molecule has 0 saturated carbocycles. The third kappa shape index (κ3) is 1.99. The van der Waals surface area contributed by atoms with Crippen LogP contribution in [0, 0.1) is 22.7 Å². The highest BCUT2D eigenvalue weighted by atomic mass is 79.9. The molecule has 0 atom stereocenters. The highest BCUT2D eigenvalue weighted by molar-refractivity contribution is 9.10. The summed E-state index contributed by atoms with van der Waals surface area (Å²) in [4.78, 5) is 0. The zero-order chi connectivity index (χ0) is 9.84. The Balaban J connectivity index is 3.34. The number of nitrogens with zero attached hydrogens (tertiary/aromatic N) is 2. The lowest BCUT2D eigenvalue weighted by atomic mass is 10.1. The first-order valence-electron chi connectivity index (χ1n) is 3.54. The second-order valence-electron chi connectivity index (χ2n) is 2.48.